The zero-order valence-corrected chi connectivity index (χ0v) is 14.6. The second-order valence-electron chi connectivity index (χ2n) is 7.21. The number of nitrogens with zero attached hydrogens (tertiary/aromatic N) is 1. The van der Waals surface area contributed by atoms with Crippen LogP contribution in [0.1, 0.15) is 41.2 Å². The molecule has 0 spiro atoms. The second kappa shape index (κ2) is 5.73. The Balaban J connectivity index is 1.65. The van der Waals surface area contributed by atoms with Crippen molar-refractivity contribution in [3.05, 3.63) is 70.3 Å². The molecule has 4 heteroatoms. The van der Waals surface area contributed by atoms with E-state index in [1.54, 1.807) is 0 Å². The Morgan fingerprint density at radius 1 is 1.08 bits per heavy atom. The number of amides is 3. The minimum absolute atomic E-state index is 0.182. The Kier molecular flexibility index (Phi) is 3.64. The fraction of sp³-hybridized carbons (Fsp3) is 0.333. The van der Waals surface area contributed by atoms with Gasteiger partial charge in [-0.3, -0.25) is 9.69 Å². The number of urea groups is 1. The predicted octanol–water partition coefficient (Wildman–Crippen LogP) is 3.45. The molecule has 0 aromatic heterocycles. The summed E-state index contributed by atoms with van der Waals surface area (Å²) >= 11 is 0. The highest BCUT2D eigenvalue weighted by atomic mass is 16.2. The summed E-state index contributed by atoms with van der Waals surface area (Å²) in [5.74, 6) is -0.182. The van der Waals surface area contributed by atoms with Gasteiger partial charge in [0, 0.05) is 0 Å². The van der Waals surface area contributed by atoms with Crippen LogP contribution in [0.4, 0.5) is 4.79 Å². The molecule has 1 N–H and O–H groups in total. The maximum atomic E-state index is 13.1. The van der Waals surface area contributed by atoms with Crippen molar-refractivity contribution in [2.75, 3.05) is 0 Å². The summed E-state index contributed by atoms with van der Waals surface area (Å²) < 4.78 is 0. The van der Waals surface area contributed by atoms with Gasteiger partial charge in [0.05, 0.1) is 6.54 Å². The van der Waals surface area contributed by atoms with E-state index in [2.05, 4.69) is 17.4 Å². The monoisotopic (exact) mass is 334 g/mol. The summed E-state index contributed by atoms with van der Waals surface area (Å²) in [5.41, 5.74) is 4.62. The molecule has 1 atom stereocenters. The topological polar surface area (TPSA) is 49.4 Å². The largest absolute Gasteiger partial charge is 0.325 e. The number of hydrogen-bond donors (Lipinski definition) is 1. The van der Waals surface area contributed by atoms with Gasteiger partial charge in [0.25, 0.3) is 5.91 Å². The van der Waals surface area contributed by atoms with Crippen LogP contribution < -0.4 is 5.32 Å². The third kappa shape index (κ3) is 2.53. The van der Waals surface area contributed by atoms with Gasteiger partial charge in [0.1, 0.15) is 5.54 Å². The molecular formula is C21H22N2O2. The van der Waals surface area contributed by atoms with Crippen molar-refractivity contribution >= 4 is 11.9 Å². The van der Waals surface area contributed by atoms with E-state index < -0.39 is 5.54 Å². The van der Waals surface area contributed by atoms with E-state index in [-0.39, 0.29) is 11.9 Å². The molecule has 1 fully saturated rings. The summed E-state index contributed by atoms with van der Waals surface area (Å²) in [5, 5.41) is 2.91. The molecule has 1 saturated heterocycles. The molecular weight excluding hydrogens is 312 g/mol. The number of carbonyl (C=O) groups excluding carboxylic acids is 2. The highest BCUT2D eigenvalue weighted by Crippen LogP contribution is 2.33. The van der Waals surface area contributed by atoms with Crippen LogP contribution in [0.25, 0.3) is 0 Å². The molecule has 128 valence electrons. The first-order valence-electron chi connectivity index (χ1n) is 8.80. The van der Waals surface area contributed by atoms with E-state index in [1.807, 2.05) is 44.2 Å². The molecule has 1 aliphatic heterocycles. The molecule has 1 unspecified atom stereocenters. The van der Waals surface area contributed by atoms with Crippen molar-refractivity contribution in [1.82, 2.24) is 10.2 Å². The number of imide groups is 1. The van der Waals surface area contributed by atoms with Gasteiger partial charge in [0.2, 0.25) is 0 Å². The normalized spacial score (nSPS) is 22.2. The van der Waals surface area contributed by atoms with Gasteiger partial charge in [0.15, 0.2) is 0 Å². The summed E-state index contributed by atoms with van der Waals surface area (Å²) in [4.78, 5) is 26.9. The van der Waals surface area contributed by atoms with Crippen LogP contribution in [0.2, 0.25) is 0 Å². The number of fused-ring (bicyclic) bond motifs is 1. The number of nitrogens with one attached hydrogen (secondary N) is 1. The van der Waals surface area contributed by atoms with Crippen molar-refractivity contribution in [3.8, 4) is 0 Å². The van der Waals surface area contributed by atoms with Crippen molar-refractivity contribution in [1.29, 1.82) is 0 Å². The van der Waals surface area contributed by atoms with Crippen LogP contribution in [-0.2, 0) is 29.7 Å². The number of hydrogen-bond acceptors (Lipinski definition) is 2. The van der Waals surface area contributed by atoms with Crippen molar-refractivity contribution < 1.29 is 9.59 Å². The first kappa shape index (κ1) is 15.9. The van der Waals surface area contributed by atoms with Crippen LogP contribution in [-0.4, -0.2) is 16.8 Å². The molecule has 1 aliphatic carbocycles. The Bertz CT molecular complexity index is 874. The number of aryl methyl sites for hydroxylation is 3. The predicted molar refractivity (Wildman–Crippen MR) is 96.1 cm³/mol. The summed E-state index contributed by atoms with van der Waals surface area (Å²) in [6.07, 6.45) is 3.32. The molecule has 2 aliphatic rings. The minimum Gasteiger partial charge on any atom is -0.319 e. The molecule has 2 aromatic carbocycles. The van der Waals surface area contributed by atoms with Gasteiger partial charge in [-0.2, -0.15) is 0 Å². The third-order valence-electron chi connectivity index (χ3n) is 5.54. The minimum atomic E-state index is -0.989. The molecule has 0 saturated carbocycles. The number of carbonyl (C=O) groups is 2. The molecule has 2 aromatic rings. The molecule has 1 heterocycles. The van der Waals surface area contributed by atoms with E-state index in [0.717, 1.165) is 36.0 Å². The summed E-state index contributed by atoms with van der Waals surface area (Å²) in [7, 11) is 0. The molecule has 0 bridgehead atoms. The van der Waals surface area contributed by atoms with E-state index in [9.17, 15) is 9.59 Å². The van der Waals surface area contributed by atoms with Gasteiger partial charge in [-0.1, -0.05) is 42.5 Å². The molecule has 25 heavy (non-hydrogen) atoms. The first-order valence-corrected chi connectivity index (χ1v) is 8.80. The van der Waals surface area contributed by atoms with Crippen molar-refractivity contribution in [2.45, 2.75) is 45.2 Å². The highest BCUT2D eigenvalue weighted by molar-refractivity contribution is 6.07. The van der Waals surface area contributed by atoms with Crippen LogP contribution in [0, 0.1) is 6.92 Å². The average Bonchev–Trinajstić information content (AvgIpc) is 3.15. The highest BCUT2D eigenvalue weighted by Gasteiger charge is 2.49. The zero-order valence-electron chi connectivity index (χ0n) is 14.6. The fourth-order valence-corrected chi connectivity index (χ4v) is 3.88. The van der Waals surface area contributed by atoms with E-state index in [4.69, 9.17) is 0 Å². The lowest BCUT2D eigenvalue weighted by Gasteiger charge is -2.23. The summed E-state index contributed by atoms with van der Waals surface area (Å²) in [6.45, 7) is 4.10. The first-order chi connectivity index (χ1) is 12.0. The van der Waals surface area contributed by atoms with E-state index >= 15 is 0 Å². The molecule has 4 nitrogen and oxygen atoms in total. The number of benzene rings is 2. The Hall–Kier alpha value is -2.62. The smallest absolute Gasteiger partial charge is 0.319 e. The van der Waals surface area contributed by atoms with Crippen LogP contribution in [0.15, 0.2) is 42.5 Å². The van der Waals surface area contributed by atoms with Gasteiger partial charge in [-0.25, -0.2) is 4.79 Å². The Labute approximate surface area is 147 Å². The fourth-order valence-electron chi connectivity index (χ4n) is 3.88. The lowest BCUT2D eigenvalue weighted by molar-refractivity contribution is -0.131. The van der Waals surface area contributed by atoms with E-state index in [1.165, 1.54) is 16.0 Å². The van der Waals surface area contributed by atoms with E-state index in [0.29, 0.717) is 6.54 Å². The quantitative estimate of drug-likeness (QED) is 0.874. The van der Waals surface area contributed by atoms with Crippen LogP contribution in [0.5, 0.6) is 0 Å². The Morgan fingerprint density at radius 3 is 2.64 bits per heavy atom. The van der Waals surface area contributed by atoms with Crippen molar-refractivity contribution in [2.24, 2.45) is 0 Å². The number of rotatable bonds is 3. The molecule has 0 radical (unpaired) electrons. The SMILES string of the molecule is Cc1ccccc1CN1C(=O)NC(C)(c2ccc3c(c2)CCC3)C1=O. The Morgan fingerprint density at radius 2 is 1.84 bits per heavy atom. The van der Waals surface area contributed by atoms with Crippen LogP contribution in [0.3, 0.4) is 0 Å². The average molecular weight is 334 g/mol. The van der Waals surface area contributed by atoms with Crippen molar-refractivity contribution in [3.63, 3.8) is 0 Å². The maximum Gasteiger partial charge on any atom is 0.325 e. The molecule has 4 rings (SSSR count). The summed E-state index contributed by atoms with van der Waals surface area (Å²) in [6, 6.07) is 13.7. The van der Waals surface area contributed by atoms with Gasteiger partial charge in [-0.15, -0.1) is 0 Å². The standard InChI is InChI=1S/C21H22N2O2/c1-14-6-3-4-7-17(14)13-23-19(24)21(2,22-20(23)25)18-11-10-15-8-5-9-16(15)12-18/h3-4,6-7,10-12H,5,8-9,13H2,1-2H3,(H,22,25). The molecule has 3 amide bonds. The second-order valence-corrected chi connectivity index (χ2v) is 7.21. The van der Waals surface area contributed by atoms with Gasteiger partial charge < -0.3 is 5.32 Å². The maximum absolute atomic E-state index is 13.1. The third-order valence-corrected chi connectivity index (χ3v) is 5.54. The van der Waals surface area contributed by atoms with Gasteiger partial charge >= 0.3 is 6.03 Å². The lowest BCUT2D eigenvalue weighted by atomic mass is 9.89. The van der Waals surface area contributed by atoms with Crippen LogP contribution >= 0.6 is 0 Å². The lowest BCUT2D eigenvalue weighted by Crippen LogP contribution is -2.41. The van der Waals surface area contributed by atoms with Gasteiger partial charge in [-0.05, 0) is 60.9 Å². The zero-order chi connectivity index (χ0) is 17.6.